The normalized spacial score (nSPS) is 10.0. The van der Waals surface area contributed by atoms with Crippen LogP contribution in [0.25, 0.3) is 0 Å². The lowest BCUT2D eigenvalue weighted by Gasteiger charge is -2.07. The SMILES string of the molecule is O=C(COc1ccccc1O)NCc1ncc[nH]1. The van der Waals surface area contributed by atoms with Gasteiger partial charge >= 0.3 is 0 Å². The number of amides is 1. The summed E-state index contributed by atoms with van der Waals surface area (Å²) in [6, 6.07) is 6.49. The topological polar surface area (TPSA) is 87.2 Å². The molecule has 3 N–H and O–H groups in total. The van der Waals surface area contributed by atoms with E-state index in [1.807, 2.05) is 0 Å². The van der Waals surface area contributed by atoms with Gasteiger partial charge in [-0.15, -0.1) is 0 Å². The van der Waals surface area contributed by atoms with Gasteiger partial charge in [-0.25, -0.2) is 4.98 Å². The molecular formula is C12H13N3O3. The molecule has 0 unspecified atom stereocenters. The summed E-state index contributed by atoms with van der Waals surface area (Å²) in [5.41, 5.74) is 0. The number of carbonyl (C=O) groups is 1. The molecule has 1 aromatic carbocycles. The standard InChI is InChI=1S/C12H13N3O3/c16-9-3-1-2-4-10(9)18-8-12(17)15-7-11-13-5-6-14-11/h1-6,16H,7-8H2,(H,13,14)(H,15,17). The number of phenolic OH excluding ortho intramolecular Hbond substituents is 1. The number of para-hydroxylation sites is 2. The van der Waals surface area contributed by atoms with Crippen LogP contribution in [0.1, 0.15) is 5.82 Å². The van der Waals surface area contributed by atoms with E-state index in [0.29, 0.717) is 12.4 Å². The highest BCUT2D eigenvalue weighted by molar-refractivity contribution is 5.77. The van der Waals surface area contributed by atoms with Crippen LogP contribution >= 0.6 is 0 Å². The van der Waals surface area contributed by atoms with Crippen LogP contribution in [0.4, 0.5) is 0 Å². The minimum absolute atomic E-state index is 0.0105. The first-order chi connectivity index (χ1) is 8.75. The summed E-state index contributed by atoms with van der Waals surface area (Å²) in [4.78, 5) is 18.3. The molecule has 0 atom stereocenters. The van der Waals surface area contributed by atoms with Gasteiger partial charge in [0.1, 0.15) is 5.82 Å². The number of carbonyl (C=O) groups excluding carboxylic acids is 1. The molecular weight excluding hydrogens is 234 g/mol. The molecule has 0 radical (unpaired) electrons. The summed E-state index contributed by atoms with van der Waals surface area (Å²) < 4.78 is 5.18. The molecule has 0 aliphatic carbocycles. The number of aromatic amines is 1. The van der Waals surface area contributed by atoms with E-state index in [4.69, 9.17) is 4.74 Å². The van der Waals surface area contributed by atoms with Crippen LogP contribution in [0.15, 0.2) is 36.7 Å². The number of nitrogens with one attached hydrogen (secondary N) is 2. The van der Waals surface area contributed by atoms with Crippen LogP contribution in [0.5, 0.6) is 11.5 Å². The van der Waals surface area contributed by atoms with Gasteiger partial charge in [0.25, 0.3) is 5.91 Å². The van der Waals surface area contributed by atoms with Gasteiger partial charge in [-0.05, 0) is 12.1 Å². The Balaban J connectivity index is 1.77. The summed E-state index contributed by atoms with van der Waals surface area (Å²) in [5.74, 6) is 0.683. The largest absolute Gasteiger partial charge is 0.504 e. The summed E-state index contributed by atoms with van der Waals surface area (Å²) in [6.07, 6.45) is 3.29. The highest BCUT2D eigenvalue weighted by Gasteiger charge is 2.05. The molecule has 0 spiro atoms. The van der Waals surface area contributed by atoms with Crippen molar-refractivity contribution in [3.05, 3.63) is 42.5 Å². The summed E-state index contributed by atoms with van der Waals surface area (Å²) in [5, 5.41) is 12.1. The molecule has 0 saturated carbocycles. The molecule has 1 aromatic heterocycles. The lowest BCUT2D eigenvalue weighted by Crippen LogP contribution is -2.28. The maximum absolute atomic E-state index is 11.5. The molecule has 0 bridgehead atoms. The monoisotopic (exact) mass is 247 g/mol. The highest BCUT2D eigenvalue weighted by Crippen LogP contribution is 2.23. The average molecular weight is 247 g/mol. The number of H-pyrrole nitrogens is 1. The van der Waals surface area contributed by atoms with Crippen LogP contribution in [0.2, 0.25) is 0 Å². The number of benzene rings is 1. The maximum atomic E-state index is 11.5. The Labute approximate surface area is 104 Å². The molecule has 0 aliphatic rings. The van der Waals surface area contributed by atoms with E-state index in [1.165, 1.54) is 6.07 Å². The molecule has 2 rings (SSSR count). The molecule has 6 heteroatoms. The van der Waals surface area contributed by atoms with Gasteiger partial charge in [-0.1, -0.05) is 12.1 Å². The lowest BCUT2D eigenvalue weighted by molar-refractivity contribution is -0.123. The Hall–Kier alpha value is -2.50. The zero-order valence-electron chi connectivity index (χ0n) is 9.59. The Morgan fingerprint density at radius 2 is 2.28 bits per heavy atom. The van der Waals surface area contributed by atoms with Crippen molar-refractivity contribution < 1.29 is 14.6 Å². The van der Waals surface area contributed by atoms with Gasteiger partial charge in [-0.2, -0.15) is 0 Å². The first-order valence-electron chi connectivity index (χ1n) is 5.41. The number of phenols is 1. The predicted molar refractivity (Wildman–Crippen MR) is 64.0 cm³/mol. The van der Waals surface area contributed by atoms with Crippen molar-refractivity contribution >= 4 is 5.91 Å². The van der Waals surface area contributed by atoms with Crippen LogP contribution in [-0.2, 0) is 11.3 Å². The molecule has 2 aromatic rings. The van der Waals surface area contributed by atoms with E-state index in [1.54, 1.807) is 30.6 Å². The minimum atomic E-state index is -0.283. The van der Waals surface area contributed by atoms with Gasteiger partial charge in [0.05, 0.1) is 6.54 Å². The Morgan fingerprint density at radius 3 is 3.00 bits per heavy atom. The van der Waals surface area contributed by atoms with Crippen molar-refractivity contribution in [1.29, 1.82) is 0 Å². The summed E-state index contributed by atoms with van der Waals surface area (Å²) >= 11 is 0. The number of aromatic hydroxyl groups is 1. The molecule has 1 amide bonds. The smallest absolute Gasteiger partial charge is 0.258 e. The van der Waals surface area contributed by atoms with Gasteiger partial charge in [-0.3, -0.25) is 4.79 Å². The quantitative estimate of drug-likeness (QED) is 0.729. The number of nitrogens with zero attached hydrogens (tertiary/aromatic N) is 1. The molecule has 0 aliphatic heterocycles. The Morgan fingerprint density at radius 1 is 1.44 bits per heavy atom. The molecule has 18 heavy (non-hydrogen) atoms. The third kappa shape index (κ3) is 3.24. The lowest BCUT2D eigenvalue weighted by atomic mass is 10.3. The number of imidazole rings is 1. The molecule has 94 valence electrons. The van der Waals surface area contributed by atoms with Gasteiger partial charge in [0.2, 0.25) is 0 Å². The second kappa shape index (κ2) is 5.72. The van der Waals surface area contributed by atoms with Gasteiger partial charge < -0.3 is 20.1 Å². The first kappa shape index (κ1) is 12.0. The van der Waals surface area contributed by atoms with Crippen molar-refractivity contribution in [1.82, 2.24) is 15.3 Å². The summed E-state index contributed by atoms with van der Waals surface area (Å²) in [6.45, 7) is 0.161. The fourth-order valence-electron chi connectivity index (χ4n) is 1.35. The van der Waals surface area contributed by atoms with Crippen molar-refractivity contribution in [2.75, 3.05) is 6.61 Å². The van der Waals surface area contributed by atoms with Crippen LogP contribution in [0.3, 0.4) is 0 Å². The van der Waals surface area contributed by atoms with E-state index < -0.39 is 0 Å². The fraction of sp³-hybridized carbons (Fsp3) is 0.167. The number of aromatic nitrogens is 2. The molecule has 0 fully saturated rings. The molecule has 6 nitrogen and oxygen atoms in total. The van der Waals surface area contributed by atoms with Crippen molar-refractivity contribution in [2.45, 2.75) is 6.54 Å². The maximum Gasteiger partial charge on any atom is 0.258 e. The number of rotatable bonds is 5. The number of hydrogen-bond donors (Lipinski definition) is 3. The van der Waals surface area contributed by atoms with Gasteiger partial charge in [0, 0.05) is 12.4 Å². The van der Waals surface area contributed by atoms with Crippen molar-refractivity contribution in [2.24, 2.45) is 0 Å². The van der Waals surface area contributed by atoms with Crippen LogP contribution in [0, 0.1) is 0 Å². The Bertz CT molecular complexity index is 511. The van der Waals surface area contributed by atoms with E-state index in [0.717, 1.165) is 0 Å². The highest BCUT2D eigenvalue weighted by atomic mass is 16.5. The summed E-state index contributed by atoms with van der Waals surface area (Å²) in [7, 11) is 0. The Kier molecular flexibility index (Phi) is 3.80. The van der Waals surface area contributed by atoms with E-state index in [-0.39, 0.29) is 24.0 Å². The van der Waals surface area contributed by atoms with Gasteiger partial charge in [0.15, 0.2) is 18.1 Å². The first-order valence-corrected chi connectivity index (χ1v) is 5.41. The predicted octanol–water partition coefficient (Wildman–Crippen LogP) is 0.810. The van der Waals surface area contributed by atoms with E-state index >= 15 is 0 Å². The zero-order chi connectivity index (χ0) is 12.8. The van der Waals surface area contributed by atoms with Crippen molar-refractivity contribution in [3.8, 4) is 11.5 Å². The van der Waals surface area contributed by atoms with Crippen LogP contribution < -0.4 is 10.1 Å². The second-order valence-corrected chi connectivity index (χ2v) is 3.57. The van der Waals surface area contributed by atoms with E-state index in [9.17, 15) is 9.90 Å². The molecule has 1 heterocycles. The third-order valence-corrected chi connectivity index (χ3v) is 2.23. The minimum Gasteiger partial charge on any atom is -0.504 e. The number of ether oxygens (including phenoxy) is 1. The third-order valence-electron chi connectivity index (χ3n) is 2.23. The second-order valence-electron chi connectivity index (χ2n) is 3.57. The number of hydrogen-bond acceptors (Lipinski definition) is 4. The van der Waals surface area contributed by atoms with Crippen LogP contribution in [-0.4, -0.2) is 27.6 Å². The fourth-order valence-corrected chi connectivity index (χ4v) is 1.35. The van der Waals surface area contributed by atoms with E-state index in [2.05, 4.69) is 15.3 Å². The average Bonchev–Trinajstić information content (AvgIpc) is 2.88. The van der Waals surface area contributed by atoms with Crippen molar-refractivity contribution in [3.63, 3.8) is 0 Å². The zero-order valence-corrected chi connectivity index (χ0v) is 9.59. The molecule has 0 saturated heterocycles.